The zero-order valence-electron chi connectivity index (χ0n) is 16.3. The summed E-state index contributed by atoms with van der Waals surface area (Å²) in [7, 11) is 0. The zero-order chi connectivity index (χ0) is 20.7. The number of carbonyl (C=O) groups excluding carboxylic acids is 2. The number of fused-ring (bicyclic) bond motifs is 4. The van der Waals surface area contributed by atoms with Gasteiger partial charge in [-0.1, -0.05) is 72.8 Å². The highest BCUT2D eigenvalue weighted by Gasteiger charge is 2.47. The number of aliphatic carboxylic acids is 1. The van der Waals surface area contributed by atoms with Crippen LogP contribution in [0.3, 0.4) is 0 Å². The molecule has 1 atom stereocenters. The predicted octanol–water partition coefficient (Wildman–Crippen LogP) is 2.13. The van der Waals surface area contributed by atoms with E-state index in [1.165, 1.54) is 0 Å². The third kappa shape index (κ3) is 2.66. The van der Waals surface area contributed by atoms with Crippen LogP contribution in [0.4, 0.5) is 0 Å². The normalized spacial score (nSPS) is 19.5. The molecule has 1 heterocycles. The minimum Gasteiger partial charge on any atom is -0.547 e. The van der Waals surface area contributed by atoms with E-state index in [1.807, 2.05) is 48.5 Å². The monoisotopic (exact) mass is 398 g/mol. The first-order valence-electron chi connectivity index (χ1n) is 10.0. The van der Waals surface area contributed by atoms with Crippen LogP contribution in [0.2, 0.25) is 0 Å². The molecule has 0 fully saturated rings. The van der Waals surface area contributed by atoms with E-state index in [0.29, 0.717) is 18.5 Å². The first-order valence-corrected chi connectivity index (χ1v) is 10.0. The van der Waals surface area contributed by atoms with Crippen LogP contribution >= 0.6 is 0 Å². The van der Waals surface area contributed by atoms with Crippen molar-refractivity contribution < 1.29 is 19.4 Å². The second kappa shape index (κ2) is 7.11. The van der Waals surface area contributed by atoms with E-state index < -0.39 is 17.5 Å². The molecule has 0 spiro atoms. The van der Waals surface area contributed by atoms with Gasteiger partial charge in [-0.05, 0) is 39.8 Å². The fourth-order valence-corrected chi connectivity index (χ4v) is 4.74. The van der Waals surface area contributed by atoms with Gasteiger partial charge in [-0.15, -0.1) is 0 Å². The van der Waals surface area contributed by atoms with E-state index in [2.05, 4.69) is 17.4 Å². The second-order valence-corrected chi connectivity index (χ2v) is 7.70. The van der Waals surface area contributed by atoms with Crippen LogP contribution in [0.1, 0.15) is 28.2 Å². The lowest BCUT2D eigenvalue weighted by Crippen LogP contribution is -2.63. The molecule has 5 nitrogen and oxygen atoms in total. The molecule has 30 heavy (non-hydrogen) atoms. The fraction of sp³-hybridized carbons (Fsp3) is 0.200. The van der Waals surface area contributed by atoms with Gasteiger partial charge in [0, 0.05) is 12.5 Å². The van der Waals surface area contributed by atoms with Crippen LogP contribution in [0.15, 0.2) is 72.8 Å². The largest absolute Gasteiger partial charge is 0.547 e. The van der Waals surface area contributed by atoms with Crippen molar-refractivity contribution >= 4 is 11.9 Å². The van der Waals surface area contributed by atoms with Gasteiger partial charge in [-0.2, -0.15) is 0 Å². The van der Waals surface area contributed by atoms with Gasteiger partial charge in [0.05, 0.1) is 5.97 Å². The Kier molecular flexibility index (Phi) is 4.40. The minimum atomic E-state index is -1.99. The van der Waals surface area contributed by atoms with Crippen LogP contribution in [0, 0.1) is 0 Å². The number of ether oxygens (including phenoxy) is 1. The molecule has 0 unspecified atom stereocenters. The lowest BCUT2D eigenvalue weighted by atomic mass is 9.82. The molecule has 0 saturated heterocycles. The van der Waals surface area contributed by atoms with E-state index in [0.717, 1.165) is 27.8 Å². The van der Waals surface area contributed by atoms with Gasteiger partial charge in [0.1, 0.15) is 6.61 Å². The van der Waals surface area contributed by atoms with Crippen molar-refractivity contribution in [3.63, 3.8) is 0 Å². The molecule has 0 aromatic heterocycles. The summed E-state index contributed by atoms with van der Waals surface area (Å²) in [6, 6.07) is 23.1. The summed E-state index contributed by atoms with van der Waals surface area (Å²) in [5.74, 6) is -2.47. The van der Waals surface area contributed by atoms with Gasteiger partial charge in [0.25, 0.3) is 0 Å². The molecule has 5 rings (SSSR count). The van der Waals surface area contributed by atoms with Crippen LogP contribution in [0.5, 0.6) is 0 Å². The molecule has 1 aliphatic carbocycles. The molecule has 0 saturated carbocycles. The third-order valence-electron chi connectivity index (χ3n) is 6.16. The maximum Gasteiger partial charge on any atom is 0.337 e. The Hall–Kier alpha value is -3.44. The molecular formula is C25H20NO4-. The first-order chi connectivity index (χ1) is 14.6. The highest BCUT2D eigenvalue weighted by molar-refractivity contribution is 6.04. The Bertz CT molecular complexity index is 1110. The average Bonchev–Trinajstić information content (AvgIpc) is 3.10. The van der Waals surface area contributed by atoms with Crippen molar-refractivity contribution in [1.82, 2.24) is 5.32 Å². The van der Waals surface area contributed by atoms with Crippen molar-refractivity contribution in [2.75, 3.05) is 13.2 Å². The number of rotatable bonds is 4. The summed E-state index contributed by atoms with van der Waals surface area (Å²) in [5.41, 5.74) is 3.60. The Balaban J connectivity index is 1.47. The summed E-state index contributed by atoms with van der Waals surface area (Å²) in [6.45, 7) is 0.418. The summed E-state index contributed by atoms with van der Waals surface area (Å²) < 4.78 is 5.68. The number of esters is 1. The average molecular weight is 398 g/mol. The molecule has 3 aromatic carbocycles. The van der Waals surface area contributed by atoms with Gasteiger partial charge in [0.2, 0.25) is 0 Å². The summed E-state index contributed by atoms with van der Waals surface area (Å²) in [4.78, 5) is 25.4. The molecule has 150 valence electrons. The predicted molar refractivity (Wildman–Crippen MR) is 110 cm³/mol. The number of hydrogen-bond acceptors (Lipinski definition) is 5. The molecule has 2 aliphatic rings. The number of benzene rings is 3. The maximum absolute atomic E-state index is 13.2. The molecule has 0 amide bonds. The number of carboxylic acids is 1. The molecule has 3 aromatic rings. The SMILES string of the molecule is O=C([O-])[C@]1(C(=O)OCC2c3ccccc3-c3ccccc32)NCCc2ccccc21. The van der Waals surface area contributed by atoms with E-state index in [1.54, 1.807) is 12.1 Å². The summed E-state index contributed by atoms with van der Waals surface area (Å²) in [5, 5.41) is 15.1. The Morgan fingerprint density at radius 3 is 2.20 bits per heavy atom. The Morgan fingerprint density at radius 1 is 0.933 bits per heavy atom. The van der Waals surface area contributed by atoms with E-state index in [-0.39, 0.29) is 12.5 Å². The highest BCUT2D eigenvalue weighted by Crippen LogP contribution is 2.44. The summed E-state index contributed by atoms with van der Waals surface area (Å²) in [6.07, 6.45) is 0.641. The standard InChI is InChI=1S/C25H21NO4/c27-23(28)25(22-12-6-1-7-16(22)13-14-26-25)24(29)30-15-21-19-10-4-2-8-17(19)18-9-3-5-11-20(18)21/h1-12,21,26H,13-15H2,(H,27,28)/p-1/t25-/m1/s1. The van der Waals surface area contributed by atoms with Crippen molar-refractivity contribution in [2.45, 2.75) is 17.9 Å². The van der Waals surface area contributed by atoms with Gasteiger partial charge in [-0.3, -0.25) is 5.32 Å². The van der Waals surface area contributed by atoms with Crippen molar-refractivity contribution in [3.8, 4) is 11.1 Å². The van der Waals surface area contributed by atoms with Gasteiger partial charge in [-0.25, -0.2) is 4.79 Å². The smallest absolute Gasteiger partial charge is 0.337 e. The molecule has 1 aliphatic heterocycles. The van der Waals surface area contributed by atoms with E-state index in [9.17, 15) is 14.7 Å². The first kappa shape index (κ1) is 18.6. The van der Waals surface area contributed by atoms with Crippen LogP contribution < -0.4 is 10.4 Å². The second-order valence-electron chi connectivity index (χ2n) is 7.70. The summed E-state index contributed by atoms with van der Waals surface area (Å²) >= 11 is 0. The maximum atomic E-state index is 13.2. The third-order valence-corrected chi connectivity index (χ3v) is 6.16. The van der Waals surface area contributed by atoms with E-state index >= 15 is 0 Å². The molecular weight excluding hydrogens is 378 g/mol. The molecule has 1 N–H and O–H groups in total. The lowest BCUT2D eigenvalue weighted by molar-refractivity contribution is -0.314. The van der Waals surface area contributed by atoms with Crippen LogP contribution in [-0.4, -0.2) is 25.1 Å². The number of carbonyl (C=O) groups is 2. The van der Waals surface area contributed by atoms with Gasteiger partial charge < -0.3 is 14.6 Å². The minimum absolute atomic E-state index is 0.0612. The molecule has 0 radical (unpaired) electrons. The van der Waals surface area contributed by atoms with Crippen molar-refractivity contribution in [3.05, 3.63) is 95.1 Å². The van der Waals surface area contributed by atoms with Gasteiger partial charge in [0.15, 0.2) is 5.54 Å². The Morgan fingerprint density at radius 2 is 1.53 bits per heavy atom. The van der Waals surface area contributed by atoms with Crippen molar-refractivity contribution in [1.29, 1.82) is 0 Å². The number of nitrogens with one attached hydrogen (secondary N) is 1. The Labute approximate surface area is 174 Å². The van der Waals surface area contributed by atoms with Crippen molar-refractivity contribution in [2.24, 2.45) is 0 Å². The molecule has 0 bridgehead atoms. The van der Waals surface area contributed by atoms with Gasteiger partial charge >= 0.3 is 5.97 Å². The van der Waals surface area contributed by atoms with E-state index in [4.69, 9.17) is 4.74 Å². The quantitative estimate of drug-likeness (QED) is 0.538. The highest BCUT2D eigenvalue weighted by atomic mass is 16.5. The van der Waals surface area contributed by atoms with Crippen LogP contribution in [0.25, 0.3) is 11.1 Å². The van der Waals surface area contributed by atoms with Crippen LogP contribution in [-0.2, 0) is 26.3 Å². The number of hydrogen-bond donors (Lipinski definition) is 1. The topological polar surface area (TPSA) is 78.5 Å². The number of carboxylic acid groups (broad SMARTS) is 1. The fourth-order valence-electron chi connectivity index (χ4n) is 4.74. The molecule has 5 heteroatoms. The zero-order valence-corrected chi connectivity index (χ0v) is 16.3. The lowest BCUT2D eigenvalue weighted by Gasteiger charge is -2.38.